The number of anilines is 1. The molecule has 1 aromatic carbocycles. The number of allylic oxidation sites excluding steroid dienone is 2. The van der Waals surface area contributed by atoms with Crippen LogP contribution in [0.3, 0.4) is 0 Å². The molecule has 0 spiro atoms. The van der Waals surface area contributed by atoms with Crippen LogP contribution in [-0.4, -0.2) is 20.3 Å². The van der Waals surface area contributed by atoms with Crippen LogP contribution in [0.2, 0.25) is 0 Å². The van der Waals surface area contributed by atoms with Crippen LogP contribution in [0.5, 0.6) is 5.75 Å². The monoisotopic (exact) mass is 432 g/mol. The summed E-state index contributed by atoms with van der Waals surface area (Å²) in [6.45, 7) is 4.03. The third kappa shape index (κ3) is 11.4. The van der Waals surface area contributed by atoms with E-state index in [1.54, 1.807) is 14.0 Å². The number of methoxy groups -OCH3 is 1. The molecule has 0 heterocycles. The Kier molecular flexibility index (Phi) is 10.1. The van der Waals surface area contributed by atoms with Crippen LogP contribution in [0.4, 0.5) is 5.69 Å². The van der Waals surface area contributed by atoms with E-state index in [9.17, 15) is 23.8 Å². The number of benzene rings is 1. The van der Waals surface area contributed by atoms with Gasteiger partial charge in [-0.3, -0.25) is 8.88 Å². The van der Waals surface area contributed by atoms with Gasteiger partial charge in [0.05, 0.1) is 21.5 Å². The summed E-state index contributed by atoms with van der Waals surface area (Å²) in [5, 5.41) is 3.29. The summed E-state index contributed by atoms with van der Waals surface area (Å²) < 4.78 is 34.2. The summed E-state index contributed by atoms with van der Waals surface area (Å²) in [7, 11) is -9.21. The summed E-state index contributed by atoms with van der Waals surface area (Å²) in [5.74, 6) is 0.774. The zero-order chi connectivity index (χ0) is 21.2. The molecule has 158 valence electrons. The van der Waals surface area contributed by atoms with Crippen LogP contribution in [0, 0.1) is 0 Å². The molecule has 0 fully saturated rings. The smallest absolute Gasteiger partial charge is 0.272 e. The molecule has 0 aromatic heterocycles. The highest BCUT2D eigenvalue weighted by Gasteiger charge is 2.10. The average molecular weight is 432 g/mol. The number of ether oxygens (including phenoxy) is 1. The fourth-order valence-electron chi connectivity index (χ4n) is 2.11. The predicted molar refractivity (Wildman–Crippen MR) is 100 cm³/mol. The van der Waals surface area contributed by atoms with Crippen molar-refractivity contribution in [2.45, 2.75) is 26.7 Å². The molecule has 0 aliphatic carbocycles. The minimum absolute atomic E-state index is 0.410. The standard InChI is InChI=1S/C17H27NO8P2/c1-14(10-11-25-28(22,23)26-27(19,20)21)6-4-7-15(2)13-18-16-8-5-9-17(12-16)24-3/h5,7-10,12,18H,4,6,11,13H2,1-3H3,(H,22,23)(H2,19,20,21)/p-3/b14-10+,15-7+. The topological polar surface area (TPSA) is 143 Å². The lowest BCUT2D eigenvalue weighted by Crippen LogP contribution is -2.19. The van der Waals surface area contributed by atoms with Crippen molar-refractivity contribution in [2.75, 3.05) is 25.6 Å². The Morgan fingerprint density at radius 1 is 1.14 bits per heavy atom. The number of hydrogen-bond acceptors (Lipinski definition) is 9. The Balaban J connectivity index is 2.36. The first kappa shape index (κ1) is 24.6. The molecule has 1 atom stereocenters. The third-order valence-corrected chi connectivity index (χ3v) is 5.60. The summed E-state index contributed by atoms with van der Waals surface area (Å²) in [5.41, 5.74) is 2.92. The Hall–Kier alpha value is -1.44. The van der Waals surface area contributed by atoms with E-state index in [0.717, 1.165) is 29.0 Å². The lowest BCUT2D eigenvalue weighted by molar-refractivity contribution is -0.339. The largest absolute Gasteiger partial charge is 0.790 e. The number of nitrogens with one attached hydrogen (secondary N) is 1. The van der Waals surface area contributed by atoms with Crippen molar-refractivity contribution in [3.05, 3.63) is 47.6 Å². The first-order valence-electron chi connectivity index (χ1n) is 8.39. The van der Waals surface area contributed by atoms with Gasteiger partial charge in [0, 0.05) is 18.3 Å². The zero-order valence-electron chi connectivity index (χ0n) is 16.0. The average Bonchev–Trinajstić information content (AvgIpc) is 2.58. The molecular weight excluding hydrogens is 408 g/mol. The molecule has 0 bridgehead atoms. The van der Waals surface area contributed by atoms with Gasteiger partial charge in [-0.15, -0.1) is 0 Å². The van der Waals surface area contributed by atoms with Gasteiger partial charge in [-0.05, 0) is 38.8 Å². The lowest BCUT2D eigenvalue weighted by Gasteiger charge is -2.34. The van der Waals surface area contributed by atoms with Crippen LogP contribution < -0.4 is 24.7 Å². The third-order valence-electron chi connectivity index (χ3n) is 3.54. The van der Waals surface area contributed by atoms with Crippen molar-refractivity contribution in [1.29, 1.82) is 0 Å². The van der Waals surface area contributed by atoms with Gasteiger partial charge in [0.15, 0.2) is 0 Å². The van der Waals surface area contributed by atoms with E-state index in [1.165, 1.54) is 6.08 Å². The molecule has 0 radical (unpaired) electrons. The number of hydrogen-bond donors (Lipinski definition) is 1. The first-order chi connectivity index (χ1) is 13.0. The van der Waals surface area contributed by atoms with Gasteiger partial charge in [0.2, 0.25) is 0 Å². The quantitative estimate of drug-likeness (QED) is 0.388. The van der Waals surface area contributed by atoms with Crippen molar-refractivity contribution in [3.63, 3.8) is 0 Å². The fraction of sp³-hybridized carbons (Fsp3) is 0.412. The molecule has 28 heavy (non-hydrogen) atoms. The molecule has 9 nitrogen and oxygen atoms in total. The van der Waals surface area contributed by atoms with E-state index in [1.807, 2.05) is 31.2 Å². The SMILES string of the molecule is COc1cccc(NC/C(C)=C/CC/C(C)=C/COP(=O)([O-])OP(=O)([O-])[O-])c1. The van der Waals surface area contributed by atoms with Gasteiger partial charge in [-0.25, -0.2) is 0 Å². The second-order valence-corrected chi connectivity index (χ2v) is 8.70. The van der Waals surface area contributed by atoms with E-state index >= 15 is 0 Å². The van der Waals surface area contributed by atoms with Gasteiger partial charge in [0.25, 0.3) is 7.82 Å². The highest BCUT2D eigenvalue weighted by Crippen LogP contribution is 2.50. The maximum atomic E-state index is 11.1. The van der Waals surface area contributed by atoms with Crippen LogP contribution in [-0.2, 0) is 18.0 Å². The van der Waals surface area contributed by atoms with Crippen LogP contribution in [0.1, 0.15) is 26.7 Å². The minimum Gasteiger partial charge on any atom is -0.790 e. The molecule has 11 heteroatoms. The normalized spacial score (nSPS) is 15.2. The van der Waals surface area contributed by atoms with Crippen LogP contribution >= 0.6 is 15.6 Å². The molecule has 0 saturated carbocycles. The summed E-state index contributed by atoms with van der Waals surface area (Å²) >= 11 is 0. The van der Waals surface area contributed by atoms with Crippen molar-refractivity contribution < 1.29 is 37.4 Å². The Morgan fingerprint density at radius 3 is 2.50 bits per heavy atom. The summed E-state index contributed by atoms with van der Waals surface area (Å²) in [6.07, 6.45) is 4.92. The van der Waals surface area contributed by atoms with E-state index < -0.39 is 22.3 Å². The molecule has 1 N–H and O–H groups in total. The van der Waals surface area contributed by atoms with Crippen molar-refractivity contribution in [1.82, 2.24) is 0 Å². The maximum Gasteiger partial charge on any atom is 0.272 e. The van der Waals surface area contributed by atoms with Crippen LogP contribution in [0.25, 0.3) is 0 Å². The molecular formula is C17H24NO8P2-3. The Morgan fingerprint density at radius 2 is 1.86 bits per heavy atom. The van der Waals surface area contributed by atoms with Gasteiger partial charge in [-0.1, -0.05) is 29.4 Å². The maximum absolute atomic E-state index is 11.1. The van der Waals surface area contributed by atoms with Crippen molar-refractivity contribution in [2.24, 2.45) is 0 Å². The molecule has 0 aliphatic rings. The Labute approximate surface area is 164 Å². The highest BCUT2D eigenvalue weighted by atomic mass is 31.3. The van der Waals surface area contributed by atoms with Crippen molar-refractivity contribution in [3.8, 4) is 5.75 Å². The second kappa shape index (κ2) is 11.5. The highest BCUT2D eigenvalue weighted by molar-refractivity contribution is 7.58. The fourth-order valence-corrected chi connectivity index (χ4v) is 3.54. The van der Waals surface area contributed by atoms with E-state index in [0.29, 0.717) is 13.0 Å². The lowest BCUT2D eigenvalue weighted by atomic mass is 10.1. The van der Waals surface area contributed by atoms with Gasteiger partial charge >= 0.3 is 0 Å². The molecule has 0 aliphatic heterocycles. The molecule has 0 saturated heterocycles. The number of phosphoric acid groups is 2. The summed E-state index contributed by atoms with van der Waals surface area (Å²) in [6, 6.07) is 7.61. The number of phosphoric ester groups is 1. The van der Waals surface area contributed by atoms with Crippen LogP contribution in [0.15, 0.2) is 47.6 Å². The van der Waals surface area contributed by atoms with E-state index in [2.05, 4.69) is 20.2 Å². The predicted octanol–water partition coefficient (Wildman–Crippen LogP) is 2.11. The molecule has 1 rings (SSSR count). The van der Waals surface area contributed by atoms with E-state index in [-0.39, 0.29) is 0 Å². The van der Waals surface area contributed by atoms with E-state index in [4.69, 9.17) is 4.74 Å². The number of rotatable bonds is 12. The van der Waals surface area contributed by atoms with Gasteiger partial charge in [-0.2, -0.15) is 0 Å². The minimum atomic E-state index is -5.66. The first-order valence-corrected chi connectivity index (χ1v) is 11.3. The van der Waals surface area contributed by atoms with Gasteiger partial charge in [0.1, 0.15) is 5.75 Å². The second-order valence-electron chi connectivity index (χ2n) is 6.00. The molecule has 1 unspecified atom stereocenters. The zero-order valence-corrected chi connectivity index (χ0v) is 17.7. The van der Waals surface area contributed by atoms with Gasteiger partial charge < -0.3 is 33.8 Å². The Bertz CT molecular complexity index is 787. The van der Waals surface area contributed by atoms with Crippen molar-refractivity contribution >= 4 is 21.3 Å². The molecule has 0 amide bonds. The summed E-state index contributed by atoms with van der Waals surface area (Å²) in [4.78, 5) is 31.7. The molecule has 1 aromatic rings.